The molecule has 1 aromatic carbocycles. The van der Waals surface area contributed by atoms with Crippen LogP contribution in [0.3, 0.4) is 0 Å². The van der Waals surface area contributed by atoms with Crippen LogP contribution in [0.5, 0.6) is 0 Å². The van der Waals surface area contributed by atoms with Crippen LogP contribution in [0.1, 0.15) is 12.8 Å². The fraction of sp³-hybridized carbons (Fsp3) is 0.524. The number of carbonyl (C=O) groups excluding carboxylic acids is 2. The van der Waals surface area contributed by atoms with E-state index < -0.39 is 28.2 Å². The molecule has 18 heteroatoms. The van der Waals surface area contributed by atoms with Gasteiger partial charge >= 0.3 is 12.1 Å². The zero-order chi connectivity index (χ0) is 29.4. The maximum absolute atomic E-state index is 12.5. The van der Waals surface area contributed by atoms with Crippen LogP contribution >= 0.6 is 11.8 Å². The number of likely N-dealkylation sites (tertiary alicyclic amines) is 1. The van der Waals surface area contributed by atoms with Crippen molar-refractivity contribution in [1.29, 1.82) is 5.26 Å². The Hall–Kier alpha value is -2.95. The van der Waals surface area contributed by atoms with Crippen molar-refractivity contribution in [2.75, 3.05) is 43.1 Å². The highest BCUT2D eigenvalue weighted by molar-refractivity contribution is 7.99. The molecule has 0 radical (unpaired) electrons. The molecule has 1 atom stereocenters. The predicted octanol–water partition coefficient (Wildman–Crippen LogP) is -0.0290. The van der Waals surface area contributed by atoms with Crippen LogP contribution in [0, 0.1) is 11.3 Å². The van der Waals surface area contributed by atoms with E-state index in [1.165, 1.54) is 24.3 Å². The van der Waals surface area contributed by atoms with Crippen molar-refractivity contribution >= 4 is 45.3 Å². The molecule has 1 aromatic rings. The molecule has 2 saturated heterocycles. The average Bonchev–Trinajstić information content (AvgIpc) is 3.33. The van der Waals surface area contributed by atoms with E-state index in [0.29, 0.717) is 30.4 Å². The first kappa shape index (κ1) is 32.3. The van der Waals surface area contributed by atoms with Crippen LogP contribution < -0.4 is 16.3 Å². The van der Waals surface area contributed by atoms with E-state index in [1.807, 2.05) is 4.90 Å². The number of amides is 2. The first-order valence-electron chi connectivity index (χ1n) is 11.3. The second-order valence-electron chi connectivity index (χ2n) is 8.61. The fourth-order valence-electron chi connectivity index (χ4n) is 3.71. The van der Waals surface area contributed by atoms with Gasteiger partial charge < -0.3 is 15.3 Å². The second-order valence-corrected chi connectivity index (χ2v) is 11.2. The molecular formula is C21H28F3N7O6S2. The minimum absolute atomic E-state index is 0.0194. The summed E-state index contributed by atoms with van der Waals surface area (Å²) in [5.41, 5.74) is 0.486. The number of halogens is 3. The number of nitriles is 1. The lowest BCUT2D eigenvalue weighted by molar-refractivity contribution is -0.192. The van der Waals surface area contributed by atoms with Gasteiger partial charge in [0.25, 0.3) is 0 Å². The molecule has 0 unspecified atom stereocenters. The molecule has 2 heterocycles. The minimum atomic E-state index is -5.08. The maximum Gasteiger partial charge on any atom is 0.490 e. The molecule has 0 saturated carbocycles. The van der Waals surface area contributed by atoms with Crippen LogP contribution in [0.2, 0.25) is 0 Å². The Kier molecular flexibility index (Phi) is 11.5. The van der Waals surface area contributed by atoms with Crippen molar-refractivity contribution in [2.45, 2.75) is 36.0 Å². The third-order valence-corrected chi connectivity index (χ3v) is 7.71. The number of hydrogen-bond donors (Lipinski definition) is 4. The number of hydrazine groups is 1. The van der Waals surface area contributed by atoms with Gasteiger partial charge in [0.05, 0.1) is 29.9 Å². The first-order valence-corrected chi connectivity index (χ1v) is 14.0. The van der Waals surface area contributed by atoms with Crippen LogP contribution in [0.15, 0.2) is 29.2 Å². The largest absolute Gasteiger partial charge is 0.490 e. The van der Waals surface area contributed by atoms with Gasteiger partial charge in [-0.2, -0.15) is 18.4 Å². The highest BCUT2D eigenvalue weighted by atomic mass is 32.2. The number of rotatable bonds is 7. The molecule has 2 fully saturated rings. The zero-order valence-corrected chi connectivity index (χ0v) is 22.1. The number of thioether (sulfide) groups is 1. The highest BCUT2D eigenvalue weighted by Crippen LogP contribution is 2.21. The van der Waals surface area contributed by atoms with Crippen LogP contribution in [-0.2, 0) is 24.4 Å². The van der Waals surface area contributed by atoms with E-state index in [2.05, 4.69) is 11.4 Å². The lowest BCUT2D eigenvalue weighted by atomic mass is 10.0. The molecule has 216 valence electrons. The number of piperidine rings is 1. The Bertz CT molecular complexity index is 1170. The summed E-state index contributed by atoms with van der Waals surface area (Å²) in [6.45, 7) is 1.58. The van der Waals surface area contributed by atoms with Gasteiger partial charge in [0.15, 0.2) is 0 Å². The number of nitrogens with one attached hydrogen (secondary N) is 1. The van der Waals surface area contributed by atoms with E-state index in [0.717, 1.165) is 12.8 Å². The summed E-state index contributed by atoms with van der Waals surface area (Å²) in [4.78, 5) is 37.2. The Morgan fingerprint density at radius 1 is 1.21 bits per heavy atom. The zero-order valence-electron chi connectivity index (χ0n) is 20.5. The number of primary sulfonamides is 1. The van der Waals surface area contributed by atoms with Crippen LogP contribution in [-0.4, -0.2) is 102 Å². The SMILES string of the molecule is N#C[C@@H]1CSCN1C(=O)CN(N)C1CCN(CC(=O)Nc2ccc(S(N)(=O)=O)cc2)CC1.O=C(O)C(F)(F)F. The monoisotopic (exact) mass is 595 g/mol. The average molecular weight is 596 g/mol. The van der Waals surface area contributed by atoms with Crippen molar-refractivity contribution in [1.82, 2.24) is 14.8 Å². The normalized spacial score (nSPS) is 18.7. The Labute approximate surface area is 226 Å². The number of nitrogens with two attached hydrogens (primary N) is 2. The van der Waals surface area contributed by atoms with E-state index >= 15 is 0 Å². The van der Waals surface area contributed by atoms with Gasteiger partial charge in [-0.3, -0.25) is 20.3 Å². The lowest BCUT2D eigenvalue weighted by Crippen LogP contribution is -2.53. The van der Waals surface area contributed by atoms with E-state index in [9.17, 15) is 31.2 Å². The van der Waals surface area contributed by atoms with Gasteiger partial charge in [-0.05, 0) is 37.1 Å². The predicted molar refractivity (Wildman–Crippen MR) is 134 cm³/mol. The van der Waals surface area contributed by atoms with Crippen LogP contribution in [0.25, 0.3) is 0 Å². The van der Waals surface area contributed by atoms with Crippen molar-refractivity contribution in [3.05, 3.63) is 24.3 Å². The summed E-state index contributed by atoms with van der Waals surface area (Å²) < 4.78 is 54.3. The molecule has 2 amide bonds. The smallest absolute Gasteiger partial charge is 0.475 e. The third-order valence-electron chi connectivity index (χ3n) is 5.77. The van der Waals surface area contributed by atoms with Gasteiger partial charge in [0.2, 0.25) is 21.8 Å². The number of hydrogen-bond acceptors (Lipinski definition) is 10. The van der Waals surface area contributed by atoms with Crippen molar-refractivity contribution in [3.8, 4) is 6.07 Å². The quantitative estimate of drug-likeness (QED) is 0.243. The minimum Gasteiger partial charge on any atom is -0.475 e. The molecule has 0 aromatic heterocycles. The summed E-state index contributed by atoms with van der Waals surface area (Å²) in [5.74, 6) is 4.18. The number of carboxylic acids is 1. The van der Waals surface area contributed by atoms with Gasteiger partial charge in [-0.15, -0.1) is 11.8 Å². The molecule has 39 heavy (non-hydrogen) atoms. The number of benzene rings is 1. The number of alkyl halides is 3. The second kappa shape index (κ2) is 13.9. The molecular weight excluding hydrogens is 567 g/mol. The highest BCUT2D eigenvalue weighted by Gasteiger charge is 2.38. The molecule has 3 rings (SSSR count). The number of carbonyl (C=O) groups is 3. The van der Waals surface area contributed by atoms with E-state index in [1.54, 1.807) is 21.7 Å². The van der Waals surface area contributed by atoms with Gasteiger partial charge in [-0.25, -0.2) is 23.4 Å². The Morgan fingerprint density at radius 2 is 1.77 bits per heavy atom. The molecule has 2 aliphatic heterocycles. The molecule has 0 spiro atoms. The standard InChI is InChI=1S/C19H27N7O4S2.C2HF3O2/c20-9-16-12-31-13-25(16)19(28)11-26(21)15-5-7-24(8-6-15)10-18(27)23-14-1-3-17(4-2-14)32(22,29)30;3-2(4,5)1(6)7/h1-4,15-16H,5-8,10-13,21H2,(H,23,27)(H2,22,29,30);(H,6,7)/t16-;/m1./s1. The number of carboxylic acid groups (broad SMARTS) is 1. The number of sulfonamides is 1. The van der Waals surface area contributed by atoms with E-state index in [4.69, 9.17) is 26.1 Å². The Morgan fingerprint density at radius 3 is 2.26 bits per heavy atom. The molecule has 6 N–H and O–H groups in total. The topological polar surface area (TPSA) is 203 Å². The van der Waals surface area contributed by atoms with E-state index in [-0.39, 0.29) is 35.8 Å². The summed E-state index contributed by atoms with van der Waals surface area (Å²) in [6, 6.07) is 7.44. The third kappa shape index (κ3) is 10.3. The summed E-state index contributed by atoms with van der Waals surface area (Å²) in [5, 5.41) is 25.6. The van der Waals surface area contributed by atoms with Crippen LogP contribution in [0.4, 0.5) is 18.9 Å². The molecule has 13 nitrogen and oxygen atoms in total. The number of anilines is 1. The molecule has 0 aliphatic carbocycles. The summed E-state index contributed by atoms with van der Waals surface area (Å²) in [7, 11) is -3.77. The van der Waals surface area contributed by atoms with Crippen molar-refractivity contribution < 1.29 is 41.1 Å². The number of nitrogens with zero attached hydrogens (tertiary/aromatic N) is 4. The molecule has 0 bridgehead atoms. The number of aliphatic carboxylic acids is 1. The van der Waals surface area contributed by atoms with Crippen molar-refractivity contribution in [2.24, 2.45) is 11.0 Å². The van der Waals surface area contributed by atoms with Gasteiger partial charge in [0, 0.05) is 30.6 Å². The lowest BCUT2D eigenvalue weighted by Gasteiger charge is -2.36. The summed E-state index contributed by atoms with van der Waals surface area (Å²) in [6.07, 6.45) is -3.65. The summed E-state index contributed by atoms with van der Waals surface area (Å²) >= 11 is 1.56. The van der Waals surface area contributed by atoms with Gasteiger partial charge in [0.1, 0.15) is 6.04 Å². The Balaban J connectivity index is 0.000000673. The van der Waals surface area contributed by atoms with Crippen molar-refractivity contribution in [3.63, 3.8) is 0 Å². The molecule has 2 aliphatic rings. The first-order chi connectivity index (χ1) is 18.1. The van der Waals surface area contributed by atoms with Gasteiger partial charge in [-0.1, -0.05) is 0 Å². The maximum atomic E-state index is 12.5. The fourth-order valence-corrected chi connectivity index (χ4v) is 5.33.